The van der Waals surface area contributed by atoms with Gasteiger partial charge in [0, 0.05) is 6.92 Å². The number of allylic oxidation sites excluding steroid dienone is 1. The molecule has 0 aliphatic rings. The molecule has 0 spiro atoms. The molecule has 3 heteroatoms. The standard InChI is InChI=1S/C18H20O3/c1-14(2)17(20-15-10-6-4-7-11-15)18(3,19)21-16-12-8-5-9-13-16/h4-13,19H,1-3H3. The summed E-state index contributed by atoms with van der Waals surface area (Å²) in [5.74, 6) is 0.0804. The molecule has 0 amide bonds. The Bertz CT molecular complexity index is 597. The van der Waals surface area contributed by atoms with Crippen LogP contribution in [-0.2, 0) is 0 Å². The van der Waals surface area contributed by atoms with Gasteiger partial charge in [-0.1, -0.05) is 36.4 Å². The minimum atomic E-state index is -1.55. The van der Waals surface area contributed by atoms with E-state index in [1.54, 1.807) is 19.1 Å². The Labute approximate surface area is 125 Å². The van der Waals surface area contributed by atoms with E-state index in [1.807, 2.05) is 62.4 Å². The smallest absolute Gasteiger partial charge is 0.264 e. The fraction of sp³-hybridized carbons (Fsp3) is 0.222. The summed E-state index contributed by atoms with van der Waals surface area (Å²) in [5, 5.41) is 10.7. The van der Waals surface area contributed by atoms with Gasteiger partial charge in [0.15, 0.2) is 5.76 Å². The molecule has 0 bridgehead atoms. The highest BCUT2D eigenvalue weighted by atomic mass is 16.6. The van der Waals surface area contributed by atoms with Crippen molar-refractivity contribution in [2.24, 2.45) is 0 Å². The van der Waals surface area contributed by atoms with Crippen LogP contribution < -0.4 is 9.47 Å². The Morgan fingerprint density at radius 2 is 1.33 bits per heavy atom. The second-order valence-electron chi connectivity index (χ2n) is 5.14. The van der Waals surface area contributed by atoms with E-state index in [2.05, 4.69) is 0 Å². The molecule has 0 heterocycles. The van der Waals surface area contributed by atoms with Crippen molar-refractivity contribution in [1.82, 2.24) is 0 Å². The summed E-state index contributed by atoms with van der Waals surface area (Å²) in [6, 6.07) is 18.5. The fourth-order valence-corrected chi connectivity index (χ4v) is 2.03. The van der Waals surface area contributed by atoms with Gasteiger partial charge in [0.1, 0.15) is 11.5 Å². The molecule has 3 nitrogen and oxygen atoms in total. The summed E-state index contributed by atoms with van der Waals surface area (Å²) in [7, 11) is 0. The molecule has 1 unspecified atom stereocenters. The van der Waals surface area contributed by atoms with Crippen LogP contribution in [-0.4, -0.2) is 10.9 Å². The zero-order chi connectivity index (χ0) is 15.3. The minimum Gasteiger partial charge on any atom is -0.455 e. The number of rotatable bonds is 5. The van der Waals surface area contributed by atoms with Crippen LogP contribution in [0.4, 0.5) is 0 Å². The van der Waals surface area contributed by atoms with Crippen molar-refractivity contribution in [1.29, 1.82) is 0 Å². The number of para-hydroxylation sites is 2. The highest BCUT2D eigenvalue weighted by molar-refractivity contribution is 5.28. The van der Waals surface area contributed by atoms with E-state index in [1.165, 1.54) is 0 Å². The van der Waals surface area contributed by atoms with Crippen LogP contribution in [0.15, 0.2) is 72.0 Å². The summed E-state index contributed by atoms with van der Waals surface area (Å²) >= 11 is 0. The minimum absolute atomic E-state index is 0.387. The van der Waals surface area contributed by atoms with E-state index in [-0.39, 0.29) is 0 Å². The van der Waals surface area contributed by atoms with E-state index in [0.717, 1.165) is 5.57 Å². The van der Waals surface area contributed by atoms with Gasteiger partial charge in [-0.05, 0) is 43.7 Å². The van der Waals surface area contributed by atoms with E-state index < -0.39 is 5.79 Å². The first kappa shape index (κ1) is 15.1. The van der Waals surface area contributed by atoms with Crippen molar-refractivity contribution >= 4 is 0 Å². The van der Waals surface area contributed by atoms with Crippen molar-refractivity contribution in [2.45, 2.75) is 26.6 Å². The van der Waals surface area contributed by atoms with Crippen LogP contribution in [0.25, 0.3) is 0 Å². The maximum Gasteiger partial charge on any atom is 0.264 e. The third kappa shape index (κ3) is 4.10. The normalized spacial score (nSPS) is 13.1. The summed E-state index contributed by atoms with van der Waals surface area (Å²) in [5.41, 5.74) is 0.847. The van der Waals surface area contributed by atoms with E-state index >= 15 is 0 Å². The van der Waals surface area contributed by atoms with Gasteiger partial charge in [0.05, 0.1) is 0 Å². The molecule has 21 heavy (non-hydrogen) atoms. The average molecular weight is 284 g/mol. The SMILES string of the molecule is CC(C)=C(Oc1ccccc1)C(C)(O)Oc1ccccc1. The van der Waals surface area contributed by atoms with Crippen LogP contribution >= 0.6 is 0 Å². The molecule has 0 saturated carbocycles. The Balaban J connectivity index is 2.23. The molecule has 110 valence electrons. The highest BCUT2D eigenvalue weighted by Crippen LogP contribution is 2.27. The Morgan fingerprint density at radius 1 is 0.857 bits per heavy atom. The molecular weight excluding hydrogens is 264 g/mol. The van der Waals surface area contributed by atoms with Crippen molar-refractivity contribution in [2.75, 3.05) is 0 Å². The maximum atomic E-state index is 10.7. The van der Waals surface area contributed by atoms with Crippen LogP contribution in [0.2, 0.25) is 0 Å². The topological polar surface area (TPSA) is 38.7 Å². The Morgan fingerprint density at radius 3 is 1.81 bits per heavy atom. The lowest BCUT2D eigenvalue weighted by molar-refractivity contribution is -0.111. The lowest BCUT2D eigenvalue weighted by Crippen LogP contribution is -2.37. The summed E-state index contributed by atoms with van der Waals surface area (Å²) in [6.45, 7) is 5.33. The van der Waals surface area contributed by atoms with Crippen LogP contribution in [0.5, 0.6) is 11.5 Å². The number of ether oxygens (including phenoxy) is 2. The number of benzene rings is 2. The first-order valence-corrected chi connectivity index (χ1v) is 6.86. The van der Waals surface area contributed by atoms with Gasteiger partial charge in [0.25, 0.3) is 5.79 Å². The molecule has 1 atom stereocenters. The molecule has 0 fully saturated rings. The quantitative estimate of drug-likeness (QED) is 0.662. The molecule has 0 aliphatic heterocycles. The predicted molar refractivity (Wildman–Crippen MR) is 83.1 cm³/mol. The molecule has 2 aromatic rings. The van der Waals surface area contributed by atoms with Crippen LogP contribution in [0.3, 0.4) is 0 Å². The number of aliphatic hydroxyl groups is 1. The zero-order valence-corrected chi connectivity index (χ0v) is 12.5. The molecule has 2 rings (SSSR count). The van der Waals surface area contributed by atoms with Gasteiger partial charge >= 0.3 is 0 Å². The van der Waals surface area contributed by atoms with Crippen molar-refractivity contribution in [3.05, 3.63) is 72.0 Å². The number of hydrogen-bond acceptors (Lipinski definition) is 3. The van der Waals surface area contributed by atoms with Crippen molar-refractivity contribution < 1.29 is 14.6 Å². The second-order valence-corrected chi connectivity index (χ2v) is 5.14. The van der Waals surface area contributed by atoms with Gasteiger partial charge < -0.3 is 14.6 Å². The molecule has 2 aromatic carbocycles. The Hall–Kier alpha value is -2.26. The van der Waals surface area contributed by atoms with Crippen LogP contribution in [0.1, 0.15) is 20.8 Å². The van der Waals surface area contributed by atoms with E-state index in [0.29, 0.717) is 17.3 Å². The summed E-state index contributed by atoms with van der Waals surface area (Å²) in [6.07, 6.45) is 0. The van der Waals surface area contributed by atoms with Crippen molar-refractivity contribution in [3.63, 3.8) is 0 Å². The van der Waals surface area contributed by atoms with Gasteiger partial charge in [-0.2, -0.15) is 0 Å². The fourth-order valence-electron chi connectivity index (χ4n) is 2.03. The van der Waals surface area contributed by atoms with E-state index in [9.17, 15) is 5.11 Å². The zero-order valence-electron chi connectivity index (χ0n) is 12.5. The van der Waals surface area contributed by atoms with Crippen molar-refractivity contribution in [3.8, 4) is 11.5 Å². The molecule has 0 saturated heterocycles. The predicted octanol–water partition coefficient (Wildman–Crippen LogP) is 4.15. The lowest BCUT2D eigenvalue weighted by Gasteiger charge is -2.28. The van der Waals surface area contributed by atoms with Gasteiger partial charge in [-0.25, -0.2) is 0 Å². The number of hydrogen-bond donors (Lipinski definition) is 1. The Kier molecular flexibility index (Phi) is 4.66. The van der Waals surface area contributed by atoms with Crippen LogP contribution in [0, 0.1) is 0 Å². The van der Waals surface area contributed by atoms with Gasteiger partial charge in [-0.15, -0.1) is 0 Å². The molecule has 1 N–H and O–H groups in total. The second kappa shape index (κ2) is 6.46. The first-order chi connectivity index (χ1) is 9.99. The first-order valence-electron chi connectivity index (χ1n) is 6.86. The highest BCUT2D eigenvalue weighted by Gasteiger charge is 2.32. The van der Waals surface area contributed by atoms with Gasteiger partial charge in [0.2, 0.25) is 0 Å². The monoisotopic (exact) mass is 284 g/mol. The average Bonchev–Trinajstić information content (AvgIpc) is 2.46. The summed E-state index contributed by atoms with van der Waals surface area (Å²) in [4.78, 5) is 0. The molecule has 0 aliphatic carbocycles. The maximum absolute atomic E-state index is 10.7. The third-order valence-corrected chi connectivity index (χ3v) is 2.90. The van der Waals surface area contributed by atoms with E-state index in [4.69, 9.17) is 9.47 Å². The molecule has 0 aromatic heterocycles. The summed E-state index contributed by atoms with van der Waals surface area (Å²) < 4.78 is 11.5. The third-order valence-electron chi connectivity index (χ3n) is 2.90. The molecular formula is C18H20O3. The van der Waals surface area contributed by atoms with Gasteiger partial charge in [-0.3, -0.25) is 0 Å². The largest absolute Gasteiger partial charge is 0.455 e. The molecule has 0 radical (unpaired) electrons. The lowest BCUT2D eigenvalue weighted by atomic mass is 10.1.